The standard InChI is InChI=1S/C21H27NO2/c1-15(2)13-17-5-9-19(10-6-17)16(3)22-21(23)14-18-7-11-20(24-4)12-8-18/h5-12,15-16H,13-14H2,1-4H3,(H,22,23)/t16-/m1/s1. The molecule has 2 aromatic rings. The average Bonchev–Trinajstić information content (AvgIpc) is 2.55. The van der Waals surface area contributed by atoms with Crippen molar-refractivity contribution in [3.63, 3.8) is 0 Å². The number of amides is 1. The largest absolute Gasteiger partial charge is 0.497 e. The van der Waals surface area contributed by atoms with Crippen LogP contribution in [0.1, 0.15) is 43.5 Å². The minimum absolute atomic E-state index is 0.00356. The van der Waals surface area contributed by atoms with Gasteiger partial charge in [-0.05, 0) is 48.1 Å². The van der Waals surface area contributed by atoms with E-state index in [1.165, 1.54) is 5.56 Å². The summed E-state index contributed by atoms with van der Waals surface area (Å²) in [5.41, 5.74) is 3.45. The number of rotatable bonds is 7. The fraction of sp³-hybridized carbons (Fsp3) is 0.381. The summed E-state index contributed by atoms with van der Waals surface area (Å²) in [4.78, 5) is 12.2. The molecule has 0 aliphatic rings. The van der Waals surface area contributed by atoms with Crippen LogP contribution in [0.2, 0.25) is 0 Å². The maximum absolute atomic E-state index is 12.2. The van der Waals surface area contributed by atoms with Gasteiger partial charge in [-0.1, -0.05) is 50.2 Å². The third-order valence-electron chi connectivity index (χ3n) is 4.02. The van der Waals surface area contributed by atoms with Crippen LogP contribution in [0.4, 0.5) is 0 Å². The van der Waals surface area contributed by atoms with E-state index in [4.69, 9.17) is 4.74 Å². The molecule has 0 fully saturated rings. The molecule has 1 atom stereocenters. The Hall–Kier alpha value is -2.29. The highest BCUT2D eigenvalue weighted by Crippen LogP contribution is 2.16. The van der Waals surface area contributed by atoms with Crippen molar-refractivity contribution in [2.45, 2.75) is 39.7 Å². The normalized spacial score (nSPS) is 12.0. The van der Waals surface area contributed by atoms with Crippen molar-refractivity contribution >= 4 is 5.91 Å². The number of methoxy groups -OCH3 is 1. The van der Waals surface area contributed by atoms with Crippen LogP contribution in [0.15, 0.2) is 48.5 Å². The Morgan fingerprint density at radius 3 is 2.08 bits per heavy atom. The summed E-state index contributed by atoms with van der Waals surface area (Å²) in [6, 6.07) is 16.1. The lowest BCUT2D eigenvalue weighted by molar-refractivity contribution is -0.121. The van der Waals surface area contributed by atoms with Crippen LogP contribution in [-0.4, -0.2) is 13.0 Å². The Labute approximate surface area is 145 Å². The van der Waals surface area contributed by atoms with Crippen LogP contribution < -0.4 is 10.1 Å². The molecule has 0 saturated heterocycles. The lowest BCUT2D eigenvalue weighted by Gasteiger charge is -2.15. The van der Waals surface area contributed by atoms with Gasteiger partial charge >= 0.3 is 0 Å². The van der Waals surface area contributed by atoms with E-state index in [1.54, 1.807) is 7.11 Å². The molecule has 0 radical (unpaired) electrons. The molecule has 2 rings (SSSR count). The minimum atomic E-state index is 0.00356. The molecular formula is C21H27NO2. The molecule has 3 nitrogen and oxygen atoms in total. The summed E-state index contributed by atoms with van der Waals surface area (Å²) in [7, 11) is 1.63. The van der Waals surface area contributed by atoms with E-state index in [1.807, 2.05) is 31.2 Å². The average molecular weight is 325 g/mol. The van der Waals surface area contributed by atoms with Crippen molar-refractivity contribution in [2.24, 2.45) is 5.92 Å². The topological polar surface area (TPSA) is 38.3 Å². The Balaban J connectivity index is 1.90. The van der Waals surface area contributed by atoms with Gasteiger partial charge in [0.2, 0.25) is 5.91 Å². The second kappa shape index (κ2) is 8.53. The summed E-state index contributed by atoms with van der Waals surface area (Å²) < 4.78 is 5.13. The van der Waals surface area contributed by atoms with E-state index < -0.39 is 0 Å². The summed E-state index contributed by atoms with van der Waals surface area (Å²) in [6.07, 6.45) is 1.46. The third kappa shape index (κ3) is 5.41. The minimum Gasteiger partial charge on any atom is -0.497 e. The first-order valence-corrected chi connectivity index (χ1v) is 8.49. The maximum Gasteiger partial charge on any atom is 0.224 e. The van der Waals surface area contributed by atoms with E-state index in [0.717, 1.165) is 23.3 Å². The first-order chi connectivity index (χ1) is 11.5. The Kier molecular flexibility index (Phi) is 6.42. The Morgan fingerprint density at radius 1 is 0.958 bits per heavy atom. The van der Waals surface area contributed by atoms with Crippen molar-refractivity contribution in [3.05, 3.63) is 65.2 Å². The van der Waals surface area contributed by atoms with Gasteiger partial charge < -0.3 is 10.1 Å². The highest BCUT2D eigenvalue weighted by molar-refractivity contribution is 5.79. The van der Waals surface area contributed by atoms with Crippen molar-refractivity contribution in [1.82, 2.24) is 5.32 Å². The predicted octanol–water partition coefficient (Wildman–Crippen LogP) is 4.31. The van der Waals surface area contributed by atoms with Crippen LogP contribution in [0, 0.1) is 5.92 Å². The van der Waals surface area contributed by atoms with E-state index >= 15 is 0 Å². The van der Waals surface area contributed by atoms with Gasteiger partial charge in [-0.15, -0.1) is 0 Å². The first kappa shape index (κ1) is 18.1. The van der Waals surface area contributed by atoms with Gasteiger partial charge in [-0.3, -0.25) is 4.79 Å². The van der Waals surface area contributed by atoms with E-state index in [-0.39, 0.29) is 11.9 Å². The molecule has 1 amide bonds. The van der Waals surface area contributed by atoms with Gasteiger partial charge in [0, 0.05) is 0 Å². The van der Waals surface area contributed by atoms with E-state index in [9.17, 15) is 4.79 Å². The number of carbonyl (C=O) groups excluding carboxylic acids is 1. The van der Waals surface area contributed by atoms with Crippen molar-refractivity contribution < 1.29 is 9.53 Å². The van der Waals surface area contributed by atoms with Crippen molar-refractivity contribution in [2.75, 3.05) is 7.11 Å². The molecule has 1 N–H and O–H groups in total. The molecule has 0 heterocycles. The van der Waals surface area contributed by atoms with Crippen LogP contribution >= 0.6 is 0 Å². The molecule has 2 aromatic carbocycles. The van der Waals surface area contributed by atoms with Crippen LogP contribution in [0.5, 0.6) is 5.75 Å². The number of nitrogens with one attached hydrogen (secondary N) is 1. The molecule has 0 unspecified atom stereocenters. The molecule has 0 aliphatic carbocycles. The molecule has 0 bridgehead atoms. The third-order valence-corrected chi connectivity index (χ3v) is 4.02. The number of benzene rings is 2. The molecular weight excluding hydrogens is 298 g/mol. The lowest BCUT2D eigenvalue weighted by atomic mass is 10.00. The number of carbonyl (C=O) groups is 1. The fourth-order valence-corrected chi connectivity index (χ4v) is 2.72. The zero-order valence-corrected chi connectivity index (χ0v) is 15.0. The Bertz CT molecular complexity index is 645. The van der Waals surface area contributed by atoms with Gasteiger partial charge in [-0.25, -0.2) is 0 Å². The Morgan fingerprint density at radius 2 is 1.54 bits per heavy atom. The SMILES string of the molecule is COc1ccc(CC(=O)N[C@H](C)c2ccc(CC(C)C)cc2)cc1. The number of hydrogen-bond acceptors (Lipinski definition) is 2. The summed E-state index contributed by atoms with van der Waals surface area (Å²) >= 11 is 0. The number of hydrogen-bond donors (Lipinski definition) is 1. The molecule has 0 saturated carbocycles. The quantitative estimate of drug-likeness (QED) is 0.823. The summed E-state index contributed by atoms with van der Waals surface area (Å²) in [5.74, 6) is 1.48. The highest BCUT2D eigenvalue weighted by atomic mass is 16.5. The zero-order valence-electron chi connectivity index (χ0n) is 15.0. The monoisotopic (exact) mass is 325 g/mol. The predicted molar refractivity (Wildman–Crippen MR) is 98.2 cm³/mol. The van der Waals surface area contributed by atoms with Crippen LogP contribution in [-0.2, 0) is 17.6 Å². The maximum atomic E-state index is 12.2. The van der Waals surface area contributed by atoms with Crippen LogP contribution in [0.3, 0.4) is 0 Å². The molecule has 0 aromatic heterocycles. The van der Waals surface area contributed by atoms with E-state index in [2.05, 4.69) is 43.4 Å². The number of ether oxygens (including phenoxy) is 1. The van der Waals surface area contributed by atoms with E-state index in [0.29, 0.717) is 12.3 Å². The van der Waals surface area contributed by atoms with Crippen molar-refractivity contribution in [1.29, 1.82) is 0 Å². The lowest BCUT2D eigenvalue weighted by Crippen LogP contribution is -2.28. The smallest absolute Gasteiger partial charge is 0.224 e. The summed E-state index contributed by atoms with van der Waals surface area (Å²) in [6.45, 7) is 6.45. The zero-order chi connectivity index (χ0) is 17.5. The summed E-state index contributed by atoms with van der Waals surface area (Å²) in [5, 5.41) is 3.06. The molecule has 0 aliphatic heterocycles. The van der Waals surface area contributed by atoms with Gasteiger partial charge in [0.1, 0.15) is 5.75 Å². The van der Waals surface area contributed by atoms with Gasteiger partial charge in [0.15, 0.2) is 0 Å². The first-order valence-electron chi connectivity index (χ1n) is 8.49. The second-order valence-electron chi connectivity index (χ2n) is 6.65. The van der Waals surface area contributed by atoms with Crippen molar-refractivity contribution in [3.8, 4) is 5.75 Å². The molecule has 128 valence electrons. The molecule has 24 heavy (non-hydrogen) atoms. The fourth-order valence-electron chi connectivity index (χ4n) is 2.72. The molecule has 0 spiro atoms. The molecule has 3 heteroatoms. The van der Waals surface area contributed by atoms with Crippen LogP contribution in [0.25, 0.3) is 0 Å². The highest BCUT2D eigenvalue weighted by Gasteiger charge is 2.10. The van der Waals surface area contributed by atoms with Gasteiger partial charge in [-0.2, -0.15) is 0 Å². The van der Waals surface area contributed by atoms with Gasteiger partial charge in [0.25, 0.3) is 0 Å². The van der Waals surface area contributed by atoms with Gasteiger partial charge in [0.05, 0.1) is 19.6 Å². The second-order valence-corrected chi connectivity index (χ2v) is 6.65.